The Bertz CT molecular complexity index is 1110. The molecule has 3 aromatic rings. The van der Waals surface area contributed by atoms with Crippen molar-refractivity contribution in [2.75, 3.05) is 24.7 Å². The van der Waals surface area contributed by atoms with Gasteiger partial charge in [0.05, 0.1) is 0 Å². The van der Waals surface area contributed by atoms with Gasteiger partial charge in [0.15, 0.2) is 0 Å². The van der Waals surface area contributed by atoms with E-state index in [0.29, 0.717) is 26.1 Å². The van der Waals surface area contributed by atoms with Gasteiger partial charge in [0.25, 0.3) is 0 Å². The molecule has 10 heteroatoms. The zero-order chi connectivity index (χ0) is 20.8. The molecule has 4 heterocycles. The predicted octanol–water partition coefficient (Wildman–Crippen LogP) is 0.247. The summed E-state index contributed by atoms with van der Waals surface area (Å²) in [6.07, 6.45) is 5.39. The number of aliphatic carboxylic acids is 1. The van der Waals surface area contributed by atoms with Crippen LogP contribution in [0.5, 0.6) is 0 Å². The molecular weight excluding hydrogens is 542 g/mol. The summed E-state index contributed by atoms with van der Waals surface area (Å²) in [5.74, 6) is -0.0129. The first kappa shape index (κ1) is 20.3. The molecule has 0 saturated carbocycles. The number of benzene rings is 1. The Morgan fingerprint density at radius 3 is 3.00 bits per heavy atom. The van der Waals surface area contributed by atoms with Crippen LogP contribution in [0.25, 0.3) is 16.6 Å². The number of alkyl halides is 2. The molecule has 2 aromatic heterocycles. The van der Waals surface area contributed by atoms with E-state index in [1.165, 1.54) is 0 Å². The Morgan fingerprint density at radius 1 is 1.37 bits per heavy atom. The van der Waals surface area contributed by atoms with Crippen LogP contribution in [0.4, 0.5) is 5.82 Å². The van der Waals surface area contributed by atoms with Crippen molar-refractivity contribution < 1.29 is 35.8 Å². The number of rotatable bonds is 7. The van der Waals surface area contributed by atoms with Gasteiger partial charge in [-0.1, -0.05) is 0 Å². The SMILES string of the molecule is O=C(O)CCOC[C@@H]1[C@@H]2[I-][C@@H]2CN1c1cc(-n2ccnc2)c2ccc(Cl)c(Cl)c2n1. The Kier molecular flexibility index (Phi) is 5.51. The summed E-state index contributed by atoms with van der Waals surface area (Å²) in [6.45, 7) is 1.69. The van der Waals surface area contributed by atoms with E-state index < -0.39 is 5.97 Å². The van der Waals surface area contributed by atoms with Crippen molar-refractivity contribution in [3.63, 3.8) is 0 Å². The average molecular weight is 560 g/mol. The number of imidazole rings is 1. The minimum absolute atomic E-state index is 0.0168. The Balaban J connectivity index is 1.52. The van der Waals surface area contributed by atoms with E-state index in [1.54, 1.807) is 18.6 Å². The fraction of sp³-hybridized carbons (Fsp3) is 0.350. The molecule has 7 nitrogen and oxygen atoms in total. The van der Waals surface area contributed by atoms with Gasteiger partial charge >= 0.3 is 194 Å². The van der Waals surface area contributed by atoms with Crippen LogP contribution in [0, 0.1) is 0 Å². The summed E-state index contributed by atoms with van der Waals surface area (Å²) in [4.78, 5) is 22.1. The van der Waals surface area contributed by atoms with Crippen LogP contribution in [-0.4, -0.2) is 59.3 Å². The minimum atomic E-state index is -0.845. The van der Waals surface area contributed by atoms with Gasteiger partial charge in [-0.3, -0.25) is 0 Å². The topological polar surface area (TPSA) is 80.5 Å². The number of hydrogen-bond donors (Lipinski definition) is 1. The molecule has 5 rings (SSSR count). The van der Waals surface area contributed by atoms with Gasteiger partial charge in [0.2, 0.25) is 0 Å². The van der Waals surface area contributed by atoms with E-state index in [1.807, 2.05) is 16.8 Å². The number of carboxylic acid groups (broad SMARTS) is 1. The quantitative estimate of drug-likeness (QED) is 0.254. The van der Waals surface area contributed by atoms with Crippen molar-refractivity contribution >= 4 is 45.9 Å². The van der Waals surface area contributed by atoms with E-state index in [0.717, 1.165) is 27.4 Å². The van der Waals surface area contributed by atoms with Crippen LogP contribution in [0.1, 0.15) is 6.42 Å². The summed E-state index contributed by atoms with van der Waals surface area (Å²) < 4.78 is 9.06. The zero-order valence-corrected chi connectivity index (χ0v) is 19.4. The van der Waals surface area contributed by atoms with Gasteiger partial charge in [-0.05, 0) is 0 Å². The molecule has 0 unspecified atom stereocenters. The average Bonchev–Trinajstić information content (AvgIpc) is 3.13. The number of carbonyl (C=O) groups is 1. The third-order valence-electron chi connectivity index (χ3n) is 5.39. The van der Waals surface area contributed by atoms with Crippen LogP contribution in [0.15, 0.2) is 36.9 Å². The molecule has 2 saturated heterocycles. The van der Waals surface area contributed by atoms with Crippen LogP contribution >= 0.6 is 23.2 Å². The molecule has 3 atom stereocenters. The Morgan fingerprint density at radius 2 is 2.23 bits per heavy atom. The molecule has 0 radical (unpaired) electrons. The van der Waals surface area contributed by atoms with E-state index >= 15 is 0 Å². The van der Waals surface area contributed by atoms with E-state index in [4.69, 9.17) is 38.0 Å². The number of aromatic nitrogens is 3. The summed E-state index contributed by atoms with van der Waals surface area (Å²) in [5, 5.41) is 10.6. The number of ether oxygens (including phenoxy) is 1. The van der Waals surface area contributed by atoms with Crippen molar-refractivity contribution in [3.8, 4) is 5.69 Å². The molecule has 1 N–H and O–H groups in total. The normalized spacial score (nSPS) is 22.7. The van der Waals surface area contributed by atoms with E-state index in [-0.39, 0.29) is 40.3 Å². The van der Waals surface area contributed by atoms with Crippen LogP contribution < -0.4 is 26.1 Å². The molecule has 2 aliphatic rings. The van der Waals surface area contributed by atoms with Crippen molar-refractivity contribution in [2.24, 2.45) is 0 Å². The Labute approximate surface area is 193 Å². The Hall–Kier alpha value is -1.62. The fourth-order valence-electron chi connectivity index (χ4n) is 3.88. The van der Waals surface area contributed by atoms with Gasteiger partial charge in [0.1, 0.15) is 0 Å². The van der Waals surface area contributed by atoms with Crippen LogP contribution in [0.3, 0.4) is 0 Å². The number of pyridine rings is 1. The molecular formula is C20H18Cl2IN4O3-. The number of nitrogens with zero attached hydrogens (tertiary/aromatic N) is 4. The summed E-state index contributed by atoms with van der Waals surface area (Å²) in [5.41, 5.74) is 1.60. The van der Waals surface area contributed by atoms with E-state index in [2.05, 4.69) is 16.0 Å². The van der Waals surface area contributed by atoms with Crippen molar-refractivity contribution in [1.82, 2.24) is 14.5 Å². The molecule has 2 aliphatic heterocycles. The maximum absolute atomic E-state index is 10.8. The van der Waals surface area contributed by atoms with Gasteiger partial charge in [-0.15, -0.1) is 0 Å². The van der Waals surface area contributed by atoms with Crippen molar-refractivity contribution in [3.05, 3.63) is 47.0 Å². The third-order valence-corrected chi connectivity index (χ3v) is 9.97. The second kappa shape index (κ2) is 8.14. The second-order valence-electron chi connectivity index (χ2n) is 7.25. The molecule has 30 heavy (non-hydrogen) atoms. The molecule has 0 aliphatic carbocycles. The van der Waals surface area contributed by atoms with Gasteiger partial charge < -0.3 is 0 Å². The van der Waals surface area contributed by atoms with Crippen LogP contribution in [0.2, 0.25) is 10.0 Å². The summed E-state index contributed by atoms with van der Waals surface area (Å²) >= 11 is 13.0. The first-order valence-corrected chi connectivity index (χ1v) is 12.7. The monoisotopic (exact) mass is 559 g/mol. The standard InChI is InChI=1S/C20H18Cl2IN4O3/c21-12-2-1-11-14(26-5-4-24-10-26)7-16(25-20(11)18(12)22)27-8-13-19(23-13)15(27)9-30-6-3-17(28)29/h1-2,4-5,7,10,13,15,19H,3,6,8-9H2,(H,28,29)/q-1/t13-,15-,19-/m1/s1. The molecule has 0 amide bonds. The van der Waals surface area contributed by atoms with Gasteiger partial charge in [-0.2, -0.15) is 0 Å². The molecule has 0 spiro atoms. The predicted molar refractivity (Wildman–Crippen MR) is 111 cm³/mol. The first-order chi connectivity index (χ1) is 14.5. The van der Waals surface area contributed by atoms with Crippen molar-refractivity contribution in [1.29, 1.82) is 0 Å². The fourth-order valence-corrected chi connectivity index (χ4v) is 7.50. The second-order valence-corrected chi connectivity index (χ2v) is 11.8. The number of hydrogen-bond acceptors (Lipinski definition) is 5. The number of carboxylic acids is 1. The third kappa shape index (κ3) is 3.74. The van der Waals surface area contributed by atoms with Gasteiger partial charge in [-0.25, -0.2) is 0 Å². The molecule has 1 aromatic carbocycles. The number of fused-ring (bicyclic) bond motifs is 2. The summed E-state index contributed by atoms with van der Waals surface area (Å²) in [7, 11) is 0. The summed E-state index contributed by atoms with van der Waals surface area (Å²) in [6, 6.07) is 5.98. The van der Waals surface area contributed by atoms with Crippen LogP contribution in [-0.2, 0) is 9.53 Å². The van der Waals surface area contributed by atoms with E-state index in [9.17, 15) is 4.79 Å². The van der Waals surface area contributed by atoms with Gasteiger partial charge in [0, 0.05) is 0 Å². The zero-order valence-electron chi connectivity index (χ0n) is 15.7. The molecule has 0 bridgehead atoms. The maximum atomic E-state index is 10.8. The first-order valence-electron chi connectivity index (χ1n) is 9.48. The molecule has 2 fully saturated rings. The number of halogens is 3. The number of anilines is 1. The molecule has 158 valence electrons. The van der Waals surface area contributed by atoms with Crippen molar-refractivity contribution in [2.45, 2.75) is 20.3 Å².